The van der Waals surface area contributed by atoms with E-state index < -0.39 is 0 Å². The number of fused-ring (bicyclic) bond motifs is 2. The molecule has 5 aromatic rings. The molecule has 0 aliphatic heterocycles. The molecule has 0 amide bonds. The summed E-state index contributed by atoms with van der Waals surface area (Å²) in [6.07, 6.45) is 1.74. The predicted octanol–water partition coefficient (Wildman–Crippen LogP) is 6.84. The first-order chi connectivity index (χ1) is 13.6. The summed E-state index contributed by atoms with van der Waals surface area (Å²) in [5.41, 5.74) is 5.50. The van der Waals surface area contributed by atoms with Crippen LogP contribution in [0.3, 0.4) is 0 Å². The zero-order valence-electron chi connectivity index (χ0n) is 15.0. The van der Waals surface area contributed by atoms with Gasteiger partial charge in [0.15, 0.2) is 0 Å². The molecule has 0 saturated heterocycles. The van der Waals surface area contributed by atoms with Gasteiger partial charge in [-0.3, -0.25) is 0 Å². The quantitative estimate of drug-likeness (QED) is 0.312. The summed E-state index contributed by atoms with van der Waals surface area (Å²) >= 11 is 6.03. The van der Waals surface area contributed by atoms with Crippen LogP contribution < -0.4 is 5.63 Å². The van der Waals surface area contributed by atoms with Crippen LogP contribution in [0, 0.1) is 6.92 Å². The van der Waals surface area contributed by atoms with Gasteiger partial charge in [0.05, 0.1) is 6.26 Å². The molecule has 2 aromatic heterocycles. The Hall–Kier alpha value is -3.30. The van der Waals surface area contributed by atoms with Crippen molar-refractivity contribution in [2.45, 2.75) is 6.92 Å². The minimum Gasteiger partial charge on any atom is -0.463 e. The van der Waals surface area contributed by atoms with Crippen LogP contribution in [-0.2, 0) is 0 Å². The van der Waals surface area contributed by atoms with E-state index in [0.717, 1.165) is 38.6 Å². The van der Waals surface area contributed by atoms with Crippen molar-refractivity contribution in [3.8, 4) is 22.3 Å². The third-order valence-corrected chi connectivity index (χ3v) is 5.29. The molecule has 2 heterocycles. The van der Waals surface area contributed by atoms with E-state index in [0.29, 0.717) is 16.2 Å². The van der Waals surface area contributed by atoms with E-state index in [1.807, 2.05) is 67.6 Å². The second-order valence-electron chi connectivity index (χ2n) is 6.76. The molecule has 0 atom stereocenters. The van der Waals surface area contributed by atoms with Gasteiger partial charge in [-0.05, 0) is 41.8 Å². The second-order valence-corrected chi connectivity index (χ2v) is 7.19. The standard InChI is InChI=1S/C24H15ClO3/c1-14-23-20(21(13-27-23)16-7-9-17(25)10-8-16)11-19-18(12-22(26)28-24(14)19)15-5-3-2-4-6-15/h2-13H,1H3. The summed E-state index contributed by atoms with van der Waals surface area (Å²) in [4.78, 5) is 12.2. The van der Waals surface area contributed by atoms with Crippen molar-refractivity contribution in [1.29, 1.82) is 0 Å². The molecule has 0 bridgehead atoms. The van der Waals surface area contributed by atoms with Crippen LogP contribution >= 0.6 is 11.6 Å². The van der Waals surface area contributed by atoms with Gasteiger partial charge in [-0.15, -0.1) is 0 Å². The number of benzene rings is 3. The van der Waals surface area contributed by atoms with Crippen LogP contribution in [0.4, 0.5) is 0 Å². The monoisotopic (exact) mass is 386 g/mol. The van der Waals surface area contributed by atoms with Crippen LogP contribution in [0.5, 0.6) is 0 Å². The number of rotatable bonds is 2. The van der Waals surface area contributed by atoms with Gasteiger partial charge in [-0.25, -0.2) is 4.79 Å². The van der Waals surface area contributed by atoms with E-state index in [2.05, 4.69) is 0 Å². The Morgan fingerprint density at radius 2 is 1.46 bits per heavy atom. The van der Waals surface area contributed by atoms with Gasteiger partial charge in [0, 0.05) is 33.0 Å². The van der Waals surface area contributed by atoms with E-state index >= 15 is 0 Å². The second kappa shape index (κ2) is 6.39. The highest BCUT2D eigenvalue weighted by Gasteiger charge is 2.17. The number of hydrogen-bond donors (Lipinski definition) is 0. The predicted molar refractivity (Wildman–Crippen MR) is 113 cm³/mol. The fourth-order valence-electron chi connectivity index (χ4n) is 3.68. The first kappa shape index (κ1) is 16.8. The van der Waals surface area contributed by atoms with Gasteiger partial charge < -0.3 is 8.83 Å². The Labute approximate surface area is 165 Å². The lowest BCUT2D eigenvalue weighted by molar-refractivity contribution is 0.557. The molecule has 4 heteroatoms. The number of aryl methyl sites for hydroxylation is 1. The van der Waals surface area contributed by atoms with Crippen molar-refractivity contribution in [2.75, 3.05) is 0 Å². The number of halogens is 1. The summed E-state index contributed by atoms with van der Waals surface area (Å²) in [7, 11) is 0. The van der Waals surface area contributed by atoms with E-state index in [9.17, 15) is 4.79 Å². The molecule has 28 heavy (non-hydrogen) atoms. The smallest absolute Gasteiger partial charge is 0.336 e. The zero-order chi connectivity index (χ0) is 19.3. The Kier molecular flexibility index (Phi) is 3.85. The molecule has 0 unspecified atom stereocenters. The lowest BCUT2D eigenvalue weighted by Gasteiger charge is -2.09. The summed E-state index contributed by atoms with van der Waals surface area (Å²) < 4.78 is 11.4. The van der Waals surface area contributed by atoms with Crippen LogP contribution in [0.15, 0.2) is 86.6 Å². The number of hydrogen-bond acceptors (Lipinski definition) is 3. The van der Waals surface area contributed by atoms with E-state index in [1.165, 1.54) is 0 Å². The van der Waals surface area contributed by atoms with Crippen molar-refractivity contribution in [3.05, 3.63) is 94.0 Å². The Morgan fingerprint density at radius 1 is 0.786 bits per heavy atom. The van der Waals surface area contributed by atoms with Crippen molar-refractivity contribution >= 4 is 33.5 Å². The molecular formula is C24H15ClO3. The molecule has 5 rings (SSSR count). The fraction of sp³-hybridized carbons (Fsp3) is 0.0417. The first-order valence-corrected chi connectivity index (χ1v) is 9.29. The maximum atomic E-state index is 12.2. The molecule has 3 nitrogen and oxygen atoms in total. The van der Waals surface area contributed by atoms with E-state index in [-0.39, 0.29) is 5.63 Å². The topological polar surface area (TPSA) is 43.4 Å². The summed E-state index contributed by atoms with van der Waals surface area (Å²) in [6, 6.07) is 21.1. The molecule has 0 aliphatic rings. The van der Waals surface area contributed by atoms with E-state index in [4.69, 9.17) is 20.4 Å². The summed E-state index contributed by atoms with van der Waals surface area (Å²) in [6.45, 7) is 1.91. The van der Waals surface area contributed by atoms with Crippen LogP contribution in [0.1, 0.15) is 5.56 Å². The minimum atomic E-state index is -0.377. The molecule has 136 valence electrons. The van der Waals surface area contributed by atoms with Crippen molar-refractivity contribution in [1.82, 2.24) is 0 Å². The van der Waals surface area contributed by atoms with Gasteiger partial charge in [0.25, 0.3) is 0 Å². The molecule has 0 N–H and O–H groups in total. The average molecular weight is 387 g/mol. The third kappa shape index (κ3) is 2.63. The van der Waals surface area contributed by atoms with Crippen LogP contribution in [0.25, 0.3) is 44.2 Å². The highest BCUT2D eigenvalue weighted by Crippen LogP contribution is 2.39. The first-order valence-electron chi connectivity index (χ1n) is 8.92. The van der Waals surface area contributed by atoms with Gasteiger partial charge in [-0.2, -0.15) is 0 Å². The highest BCUT2D eigenvalue weighted by atomic mass is 35.5. The van der Waals surface area contributed by atoms with Crippen molar-refractivity contribution in [3.63, 3.8) is 0 Å². The molecule has 0 fully saturated rings. The zero-order valence-corrected chi connectivity index (χ0v) is 15.8. The molecule has 0 spiro atoms. The van der Waals surface area contributed by atoms with Crippen LogP contribution in [0.2, 0.25) is 5.02 Å². The molecule has 0 saturated carbocycles. The highest BCUT2D eigenvalue weighted by molar-refractivity contribution is 6.30. The SMILES string of the molecule is Cc1c2occ(-c3ccc(Cl)cc3)c2cc2c(-c3ccccc3)cc(=O)oc12. The fourth-order valence-corrected chi connectivity index (χ4v) is 3.81. The minimum absolute atomic E-state index is 0.377. The Balaban J connectivity index is 1.87. The maximum absolute atomic E-state index is 12.2. The lowest BCUT2D eigenvalue weighted by atomic mass is 9.96. The Bertz CT molecular complexity index is 1380. The van der Waals surface area contributed by atoms with Gasteiger partial charge in [0.2, 0.25) is 0 Å². The van der Waals surface area contributed by atoms with Crippen LogP contribution in [-0.4, -0.2) is 0 Å². The maximum Gasteiger partial charge on any atom is 0.336 e. The van der Waals surface area contributed by atoms with Crippen molar-refractivity contribution < 1.29 is 8.83 Å². The van der Waals surface area contributed by atoms with Gasteiger partial charge in [0.1, 0.15) is 11.2 Å². The lowest BCUT2D eigenvalue weighted by Crippen LogP contribution is -1.99. The molecule has 0 radical (unpaired) electrons. The van der Waals surface area contributed by atoms with Gasteiger partial charge >= 0.3 is 5.63 Å². The number of furan rings is 1. The Morgan fingerprint density at radius 3 is 2.21 bits per heavy atom. The molecular weight excluding hydrogens is 372 g/mol. The molecule has 0 aliphatic carbocycles. The average Bonchev–Trinajstić information content (AvgIpc) is 3.14. The van der Waals surface area contributed by atoms with E-state index in [1.54, 1.807) is 12.3 Å². The summed E-state index contributed by atoms with van der Waals surface area (Å²) in [5.74, 6) is 0. The third-order valence-electron chi connectivity index (χ3n) is 5.04. The van der Waals surface area contributed by atoms with Crippen molar-refractivity contribution in [2.24, 2.45) is 0 Å². The largest absolute Gasteiger partial charge is 0.463 e. The van der Waals surface area contributed by atoms with Gasteiger partial charge in [-0.1, -0.05) is 54.1 Å². The molecule has 3 aromatic carbocycles. The normalized spacial score (nSPS) is 11.4. The summed E-state index contributed by atoms with van der Waals surface area (Å²) in [5, 5.41) is 2.54.